The number of thiocarbonyl (C=S) groups is 1. The Labute approximate surface area is 167 Å². The number of hydrogen-bond acceptors (Lipinski definition) is 4. The molecule has 0 saturated carbocycles. The number of aryl methyl sites for hydroxylation is 1. The molecule has 1 heterocycles. The maximum Gasteiger partial charge on any atom is 0.191 e. The molecule has 138 valence electrons. The van der Waals surface area contributed by atoms with Crippen LogP contribution in [0.25, 0.3) is 5.69 Å². The molecule has 3 aromatic rings. The quantitative estimate of drug-likeness (QED) is 0.383. The molecule has 0 unspecified atom stereocenters. The Morgan fingerprint density at radius 1 is 1.19 bits per heavy atom. The van der Waals surface area contributed by atoms with Crippen LogP contribution in [0.2, 0.25) is 5.15 Å². The van der Waals surface area contributed by atoms with Crippen molar-refractivity contribution >= 4 is 40.8 Å². The van der Waals surface area contributed by atoms with E-state index in [2.05, 4.69) is 20.9 Å². The van der Waals surface area contributed by atoms with Crippen molar-refractivity contribution in [3.63, 3.8) is 0 Å². The van der Waals surface area contributed by atoms with Crippen LogP contribution < -0.4 is 15.5 Å². The van der Waals surface area contributed by atoms with Crippen LogP contribution >= 0.6 is 23.8 Å². The first-order valence-corrected chi connectivity index (χ1v) is 8.92. The standard InChI is InChI=1S/C19H18ClN5OS/c1-13-17(18(20)25(24-13)15-6-4-3-5-7-15)12-21-23-19(27)22-14-8-10-16(26-2)11-9-14/h3-12H,1-2H3,(H2,22,23,27)/b21-12+. The van der Waals surface area contributed by atoms with E-state index < -0.39 is 0 Å². The van der Waals surface area contributed by atoms with Gasteiger partial charge in [-0.15, -0.1) is 0 Å². The lowest BCUT2D eigenvalue weighted by Gasteiger charge is -2.07. The van der Waals surface area contributed by atoms with Gasteiger partial charge in [-0.05, 0) is 55.5 Å². The van der Waals surface area contributed by atoms with Gasteiger partial charge in [0.15, 0.2) is 5.11 Å². The van der Waals surface area contributed by atoms with Crippen molar-refractivity contribution in [1.29, 1.82) is 0 Å². The zero-order valence-corrected chi connectivity index (χ0v) is 16.4. The number of hydrogen-bond donors (Lipinski definition) is 2. The molecule has 1 aromatic heterocycles. The number of halogens is 1. The second-order valence-electron chi connectivity index (χ2n) is 5.59. The van der Waals surface area contributed by atoms with Gasteiger partial charge in [0.2, 0.25) is 0 Å². The van der Waals surface area contributed by atoms with E-state index in [9.17, 15) is 0 Å². The Morgan fingerprint density at radius 2 is 1.89 bits per heavy atom. The van der Waals surface area contributed by atoms with Crippen LogP contribution in [0.1, 0.15) is 11.3 Å². The van der Waals surface area contributed by atoms with Crippen LogP contribution in [0, 0.1) is 6.92 Å². The Bertz CT molecular complexity index is 954. The van der Waals surface area contributed by atoms with Gasteiger partial charge in [0.1, 0.15) is 10.9 Å². The number of nitrogens with zero attached hydrogens (tertiary/aromatic N) is 3. The smallest absolute Gasteiger partial charge is 0.191 e. The van der Waals surface area contributed by atoms with E-state index in [0.29, 0.717) is 10.3 Å². The minimum atomic E-state index is 0.362. The molecule has 0 saturated heterocycles. The number of anilines is 1. The number of rotatable bonds is 5. The first-order valence-electron chi connectivity index (χ1n) is 8.13. The molecule has 0 spiro atoms. The zero-order valence-electron chi connectivity index (χ0n) is 14.8. The minimum Gasteiger partial charge on any atom is -0.497 e. The summed E-state index contributed by atoms with van der Waals surface area (Å²) in [6, 6.07) is 17.1. The highest BCUT2D eigenvalue weighted by Crippen LogP contribution is 2.21. The Balaban J connectivity index is 1.65. The molecule has 3 rings (SSSR count). The third-order valence-corrected chi connectivity index (χ3v) is 4.31. The van der Waals surface area contributed by atoms with Gasteiger partial charge < -0.3 is 10.1 Å². The lowest BCUT2D eigenvalue weighted by Crippen LogP contribution is -2.23. The Kier molecular flexibility index (Phi) is 6.05. The van der Waals surface area contributed by atoms with Crippen LogP contribution in [0.5, 0.6) is 5.75 Å². The monoisotopic (exact) mass is 399 g/mol. The third-order valence-electron chi connectivity index (χ3n) is 3.76. The molecule has 6 nitrogen and oxygen atoms in total. The molecule has 0 fully saturated rings. The van der Waals surface area contributed by atoms with Gasteiger partial charge in [0.25, 0.3) is 0 Å². The van der Waals surface area contributed by atoms with E-state index in [4.69, 9.17) is 28.6 Å². The fourth-order valence-corrected chi connectivity index (χ4v) is 2.88. The second-order valence-corrected chi connectivity index (χ2v) is 6.36. The topological polar surface area (TPSA) is 63.5 Å². The molecule has 0 bridgehead atoms. The van der Waals surface area contributed by atoms with Gasteiger partial charge >= 0.3 is 0 Å². The first kappa shape index (κ1) is 18.9. The molecule has 0 aliphatic heterocycles. The predicted octanol–water partition coefficient (Wildman–Crippen LogP) is 4.16. The number of ether oxygens (including phenoxy) is 1. The molecule has 27 heavy (non-hydrogen) atoms. The van der Waals surface area contributed by atoms with Crippen molar-refractivity contribution in [3.05, 3.63) is 71.0 Å². The van der Waals surface area contributed by atoms with Gasteiger partial charge in [-0.2, -0.15) is 10.2 Å². The zero-order chi connectivity index (χ0) is 19.2. The SMILES string of the molecule is COc1ccc(NC(=S)N/N=C/c2c(C)nn(-c3ccccc3)c2Cl)cc1. The van der Waals surface area contributed by atoms with Crippen LogP contribution in [-0.2, 0) is 0 Å². The van der Waals surface area contributed by atoms with Gasteiger partial charge in [0, 0.05) is 5.69 Å². The average Bonchev–Trinajstić information content (AvgIpc) is 2.97. The number of benzene rings is 2. The molecule has 8 heteroatoms. The lowest BCUT2D eigenvalue weighted by atomic mass is 10.3. The Morgan fingerprint density at radius 3 is 2.56 bits per heavy atom. The number of methoxy groups -OCH3 is 1. The summed E-state index contributed by atoms with van der Waals surface area (Å²) in [5.41, 5.74) is 5.98. The van der Waals surface area contributed by atoms with Crippen molar-refractivity contribution in [3.8, 4) is 11.4 Å². The summed E-state index contributed by atoms with van der Waals surface area (Å²) in [7, 11) is 1.62. The van der Waals surface area contributed by atoms with Crippen LogP contribution in [-0.4, -0.2) is 28.2 Å². The normalized spacial score (nSPS) is 10.8. The summed E-state index contributed by atoms with van der Waals surface area (Å²) in [5, 5.41) is 12.5. The van der Waals surface area contributed by atoms with Crippen molar-refractivity contribution < 1.29 is 4.74 Å². The molecule has 2 aromatic carbocycles. The van der Waals surface area contributed by atoms with E-state index >= 15 is 0 Å². The van der Waals surface area contributed by atoms with E-state index in [0.717, 1.165) is 28.4 Å². The predicted molar refractivity (Wildman–Crippen MR) is 113 cm³/mol. The summed E-state index contributed by atoms with van der Waals surface area (Å²) < 4.78 is 6.80. The average molecular weight is 400 g/mol. The van der Waals surface area contributed by atoms with E-state index in [1.54, 1.807) is 18.0 Å². The number of para-hydroxylation sites is 1. The molecule has 0 aliphatic rings. The first-order chi connectivity index (χ1) is 13.1. The maximum atomic E-state index is 6.46. The number of hydrazone groups is 1. The lowest BCUT2D eigenvalue weighted by molar-refractivity contribution is 0.415. The molecule has 0 radical (unpaired) electrons. The van der Waals surface area contributed by atoms with Gasteiger partial charge in [0.05, 0.1) is 30.3 Å². The fraction of sp³-hybridized carbons (Fsp3) is 0.105. The largest absolute Gasteiger partial charge is 0.497 e. The minimum absolute atomic E-state index is 0.362. The molecule has 0 aliphatic carbocycles. The molecule has 0 amide bonds. The van der Waals surface area contributed by atoms with Gasteiger partial charge in [-0.25, -0.2) is 4.68 Å². The van der Waals surface area contributed by atoms with Gasteiger partial charge in [-0.3, -0.25) is 5.43 Å². The van der Waals surface area contributed by atoms with Crippen LogP contribution in [0.3, 0.4) is 0 Å². The summed E-state index contributed by atoms with van der Waals surface area (Å²) in [4.78, 5) is 0. The highest BCUT2D eigenvalue weighted by Gasteiger charge is 2.12. The van der Waals surface area contributed by atoms with Gasteiger partial charge in [-0.1, -0.05) is 29.8 Å². The summed E-state index contributed by atoms with van der Waals surface area (Å²) in [6.07, 6.45) is 1.60. The number of aromatic nitrogens is 2. The summed E-state index contributed by atoms with van der Waals surface area (Å²) in [6.45, 7) is 1.88. The van der Waals surface area contributed by atoms with Crippen molar-refractivity contribution in [2.24, 2.45) is 5.10 Å². The van der Waals surface area contributed by atoms with Crippen LogP contribution in [0.4, 0.5) is 5.69 Å². The van der Waals surface area contributed by atoms with Crippen molar-refractivity contribution in [2.75, 3.05) is 12.4 Å². The molecule has 2 N–H and O–H groups in total. The molecular formula is C19H18ClN5OS. The highest BCUT2D eigenvalue weighted by atomic mass is 35.5. The third kappa shape index (κ3) is 4.64. The number of nitrogens with one attached hydrogen (secondary N) is 2. The summed E-state index contributed by atoms with van der Waals surface area (Å²) >= 11 is 11.7. The van der Waals surface area contributed by atoms with E-state index in [-0.39, 0.29) is 0 Å². The second kappa shape index (κ2) is 8.66. The summed E-state index contributed by atoms with van der Waals surface area (Å²) in [5.74, 6) is 0.776. The van der Waals surface area contributed by atoms with Crippen LogP contribution in [0.15, 0.2) is 59.7 Å². The van der Waals surface area contributed by atoms with Crippen molar-refractivity contribution in [2.45, 2.75) is 6.92 Å². The molecular weight excluding hydrogens is 382 g/mol. The van der Waals surface area contributed by atoms with E-state index in [1.165, 1.54) is 0 Å². The fourth-order valence-electron chi connectivity index (χ4n) is 2.39. The van der Waals surface area contributed by atoms with Crippen molar-refractivity contribution in [1.82, 2.24) is 15.2 Å². The van der Waals surface area contributed by atoms with E-state index in [1.807, 2.05) is 61.5 Å². The highest BCUT2D eigenvalue weighted by molar-refractivity contribution is 7.80. The molecule has 0 atom stereocenters. The maximum absolute atomic E-state index is 6.46. The Hall–Kier alpha value is -2.90.